The third-order valence-electron chi connectivity index (χ3n) is 3.08. The van der Waals surface area contributed by atoms with Crippen molar-refractivity contribution in [3.63, 3.8) is 0 Å². The van der Waals surface area contributed by atoms with Crippen molar-refractivity contribution in [3.8, 4) is 11.4 Å². The fourth-order valence-corrected chi connectivity index (χ4v) is 2.80. The molecule has 0 spiro atoms. The van der Waals surface area contributed by atoms with Gasteiger partial charge in [-0.3, -0.25) is 0 Å². The molecule has 4 nitrogen and oxygen atoms in total. The van der Waals surface area contributed by atoms with Gasteiger partial charge in [0.25, 0.3) is 0 Å². The van der Waals surface area contributed by atoms with Gasteiger partial charge in [-0.05, 0) is 52.5 Å². The summed E-state index contributed by atoms with van der Waals surface area (Å²) in [4.78, 5) is 0. The highest BCUT2D eigenvalue weighted by Gasteiger charge is 2.12. The van der Waals surface area contributed by atoms with Gasteiger partial charge >= 0.3 is 0 Å². The maximum atomic E-state index is 6.30. The zero-order chi connectivity index (χ0) is 16.1. The van der Waals surface area contributed by atoms with Gasteiger partial charge in [0.15, 0.2) is 0 Å². The number of methoxy groups -OCH3 is 1. The third-order valence-corrected chi connectivity index (χ3v) is 3.76. The van der Waals surface area contributed by atoms with Crippen LogP contribution in [0.5, 0.6) is 5.75 Å². The largest absolute Gasteiger partial charge is 0.490 e. The molecule has 120 valence electrons. The number of aromatic nitrogens is 2. The molecule has 2 rings (SSSR count). The van der Waals surface area contributed by atoms with E-state index in [1.807, 2.05) is 28.9 Å². The monoisotopic (exact) mass is 386 g/mol. The van der Waals surface area contributed by atoms with E-state index >= 15 is 0 Å². The summed E-state index contributed by atoms with van der Waals surface area (Å²) < 4.78 is 13.3. The standard InChI is InChI=1S/C16H20BrClN2O2/c1-11(2)8-13-10-16(17)19-20(13)12-4-5-15(14(18)9-12)22-7-6-21-3/h4-5,9-11H,6-8H2,1-3H3. The molecule has 0 radical (unpaired) electrons. The lowest BCUT2D eigenvalue weighted by atomic mass is 10.1. The molecule has 0 unspecified atom stereocenters. The predicted molar refractivity (Wildman–Crippen MR) is 92.2 cm³/mol. The first kappa shape index (κ1) is 17.3. The second-order valence-corrected chi connectivity index (χ2v) is 6.64. The normalized spacial score (nSPS) is 11.2. The average molecular weight is 388 g/mol. The van der Waals surface area contributed by atoms with Crippen LogP contribution in [0.4, 0.5) is 0 Å². The molecule has 22 heavy (non-hydrogen) atoms. The first-order valence-electron chi connectivity index (χ1n) is 7.17. The lowest BCUT2D eigenvalue weighted by Crippen LogP contribution is -2.07. The van der Waals surface area contributed by atoms with Crippen LogP contribution in [-0.2, 0) is 11.2 Å². The molecule has 0 amide bonds. The van der Waals surface area contributed by atoms with Crippen LogP contribution in [0.15, 0.2) is 28.9 Å². The van der Waals surface area contributed by atoms with Crippen LogP contribution >= 0.6 is 27.5 Å². The quantitative estimate of drug-likeness (QED) is 0.656. The Morgan fingerprint density at radius 1 is 1.27 bits per heavy atom. The van der Waals surface area contributed by atoms with Gasteiger partial charge < -0.3 is 9.47 Å². The van der Waals surface area contributed by atoms with Crippen LogP contribution in [0.25, 0.3) is 5.69 Å². The van der Waals surface area contributed by atoms with Gasteiger partial charge in [-0.15, -0.1) is 0 Å². The van der Waals surface area contributed by atoms with Crippen LogP contribution in [0.2, 0.25) is 5.02 Å². The summed E-state index contributed by atoms with van der Waals surface area (Å²) in [5.41, 5.74) is 2.07. The maximum absolute atomic E-state index is 6.30. The zero-order valence-electron chi connectivity index (χ0n) is 13.0. The molecule has 1 heterocycles. The number of halogens is 2. The Morgan fingerprint density at radius 2 is 2.05 bits per heavy atom. The summed E-state index contributed by atoms with van der Waals surface area (Å²) in [5.74, 6) is 1.20. The van der Waals surface area contributed by atoms with Gasteiger partial charge in [0, 0.05) is 12.8 Å². The van der Waals surface area contributed by atoms with Gasteiger partial charge in [0.1, 0.15) is 17.0 Å². The van der Waals surface area contributed by atoms with Gasteiger partial charge in [0.05, 0.1) is 17.3 Å². The van der Waals surface area contributed by atoms with E-state index in [9.17, 15) is 0 Å². The average Bonchev–Trinajstić information content (AvgIpc) is 2.80. The lowest BCUT2D eigenvalue weighted by molar-refractivity contribution is 0.146. The van der Waals surface area contributed by atoms with E-state index in [-0.39, 0.29) is 0 Å². The number of benzene rings is 1. The lowest BCUT2D eigenvalue weighted by Gasteiger charge is -2.12. The Hall–Kier alpha value is -1.04. The molecule has 0 saturated heterocycles. The van der Waals surface area contributed by atoms with E-state index in [4.69, 9.17) is 21.1 Å². The molecule has 0 aliphatic rings. The van der Waals surface area contributed by atoms with Gasteiger partial charge in [-0.2, -0.15) is 5.10 Å². The first-order chi connectivity index (χ1) is 10.5. The number of hydrogen-bond donors (Lipinski definition) is 0. The summed E-state index contributed by atoms with van der Waals surface area (Å²) in [5, 5.41) is 5.06. The number of ether oxygens (including phenoxy) is 2. The smallest absolute Gasteiger partial charge is 0.138 e. The van der Waals surface area contributed by atoms with Crippen LogP contribution < -0.4 is 4.74 Å². The Kier molecular flexibility index (Phi) is 6.29. The SMILES string of the molecule is COCCOc1ccc(-n2nc(Br)cc2CC(C)C)cc1Cl. The number of hydrogen-bond acceptors (Lipinski definition) is 3. The molecular formula is C16H20BrClN2O2. The topological polar surface area (TPSA) is 36.3 Å². The number of rotatable bonds is 7. The molecule has 0 fully saturated rings. The fraction of sp³-hybridized carbons (Fsp3) is 0.438. The van der Waals surface area contributed by atoms with Crippen molar-refractivity contribution in [2.75, 3.05) is 20.3 Å². The predicted octanol–water partition coefficient (Wildman–Crippen LogP) is 4.51. The summed E-state index contributed by atoms with van der Waals surface area (Å²) in [6.07, 6.45) is 0.947. The summed E-state index contributed by atoms with van der Waals surface area (Å²) in [6, 6.07) is 7.73. The van der Waals surface area contributed by atoms with Crippen molar-refractivity contribution < 1.29 is 9.47 Å². The highest BCUT2D eigenvalue weighted by atomic mass is 79.9. The Balaban J connectivity index is 2.24. The van der Waals surface area contributed by atoms with Gasteiger partial charge in [-0.1, -0.05) is 25.4 Å². The van der Waals surface area contributed by atoms with Crippen LogP contribution in [0, 0.1) is 5.92 Å². The van der Waals surface area contributed by atoms with Crippen molar-refractivity contribution >= 4 is 27.5 Å². The van der Waals surface area contributed by atoms with Crippen molar-refractivity contribution in [2.45, 2.75) is 20.3 Å². The fourth-order valence-electron chi connectivity index (χ4n) is 2.15. The van der Waals surface area contributed by atoms with Crippen LogP contribution in [0.1, 0.15) is 19.5 Å². The van der Waals surface area contributed by atoms with E-state index in [1.54, 1.807) is 7.11 Å². The minimum atomic E-state index is 0.474. The van der Waals surface area contributed by atoms with E-state index in [1.165, 1.54) is 0 Å². The molecular weight excluding hydrogens is 368 g/mol. The summed E-state index contributed by atoms with van der Waals surface area (Å²) in [7, 11) is 1.64. The molecule has 0 aliphatic heterocycles. The van der Waals surface area contributed by atoms with E-state index < -0.39 is 0 Å². The molecule has 2 aromatic rings. The zero-order valence-corrected chi connectivity index (χ0v) is 15.3. The maximum Gasteiger partial charge on any atom is 0.138 e. The third kappa shape index (κ3) is 4.48. The Morgan fingerprint density at radius 3 is 2.68 bits per heavy atom. The molecule has 0 N–H and O–H groups in total. The molecule has 0 aliphatic carbocycles. The molecule has 1 aromatic carbocycles. The number of nitrogens with zero attached hydrogens (tertiary/aromatic N) is 2. The van der Waals surface area contributed by atoms with E-state index in [0.29, 0.717) is 29.9 Å². The second-order valence-electron chi connectivity index (χ2n) is 5.42. The Bertz CT molecular complexity index is 629. The van der Waals surface area contributed by atoms with Crippen molar-refractivity contribution in [2.24, 2.45) is 5.92 Å². The van der Waals surface area contributed by atoms with Gasteiger partial charge in [-0.25, -0.2) is 4.68 Å². The minimum absolute atomic E-state index is 0.474. The molecule has 0 atom stereocenters. The van der Waals surface area contributed by atoms with Crippen molar-refractivity contribution in [1.82, 2.24) is 9.78 Å². The highest BCUT2D eigenvalue weighted by molar-refractivity contribution is 9.10. The summed E-state index contributed by atoms with van der Waals surface area (Å²) >= 11 is 9.75. The minimum Gasteiger partial charge on any atom is -0.490 e. The van der Waals surface area contributed by atoms with E-state index in [0.717, 1.165) is 22.4 Å². The van der Waals surface area contributed by atoms with Crippen molar-refractivity contribution in [3.05, 3.63) is 39.6 Å². The van der Waals surface area contributed by atoms with Crippen LogP contribution in [-0.4, -0.2) is 30.1 Å². The second kappa shape index (κ2) is 7.99. The van der Waals surface area contributed by atoms with Crippen molar-refractivity contribution in [1.29, 1.82) is 0 Å². The molecule has 6 heteroatoms. The molecule has 0 saturated carbocycles. The first-order valence-corrected chi connectivity index (χ1v) is 8.34. The van der Waals surface area contributed by atoms with E-state index in [2.05, 4.69) is 34.9 Å². The Labute approximate surface area is 144 Å². The molecule has 0 bridgehead atoms. The summed E-state index contributed by atoms with van der Waals surface area (Å²) in [6.45, 7) is 5.38. The van der Waals surface area contributed by atoms with Crippen LogP contribution in [0.3, 0.4) is 0 Å². The van der Waals surface area contributed by atoms with Gasteiger partial charge in [0.2, 0.25) is 0 Å². The highest BCUT2D eigenvalue weighted by Crippen LogP contribution is 2.28. The molecule has 1 aromatic heterocycles.